The van der Waals surface area contributed by atoms with Crippen molar-refractivity contribution in [1.29, 1.82) is 0 Å². The summed E-state index contributed by atoms with van der Waals surface area (Å²) in [7, 11) is 1.66. The highest BCUT2D eigenvalue weighted by atomic mass is 16.5. The Morgan fingerprint density at radius 3 is 2.58 bits per heavy atom. The minimum absolute atomic E-state index is 0.00400. The fourth-order valence-corrected chi connectivity index (χ4v) is 4.48. The van der Waals surface area contributed by atoms with Gasteiger partial charge in [0.15, 0.2) is 0 Å². The van der Waals surface area contributed by atoms with E-state index >= 15 is 0 Å². The number of hydrogen-bond donors (Lipinski definition) is 1. The molecule has 1 heterocycles. The normalized spacial score (nSPS) is 16.1. The second kappa shape index (κ2) is 10.3. The largest absolute Gasteiger partial charge is 0.496 e. The first-order valence-electron chi connectivity index (χ1n) is 11.4. The fraction of sp³-hybridized carbons (Fsp3) is 0.286. The lowest BCUT2D eigenvalue weighted by Gasteiger charge is -2.24. The summed E-state index contributed by atoms with van der Waals surface area (Å²) in [4.78, 5) is 27.8. The van der Waals surface area contributed by atoms with Crippen LogP contribution in [-0.2, 0) is 22.4 Å². The van der Waals surface area contributed by atoms with Crippen LogP contribution in [0.5, 0.6) is 5.75 Å². The molecule has 0 saturated carbocycles. The maximum absolute atomic E-state index is 13.1. The van der Waals surface area contributed by atoms with Crippen LogP contribution in [0.25, 0.3) is 11.1 Å². The van der Waals surface area contributed by atoms with Crippen LogP contribution in [0.4, 0.5) is 0 Å². The van der Waals surface area contributed by atoms with Crippen LogP contribution in [0.15, 0.2) is 72.8 Å². The first kappa shape index (κ1) is 22.6. The number of benzene rings is 3. The molecule has 0 radical (unpaired) electrons. The van der Waals surface area contributed by atoms with Gasteiger partial charge in [-0.15, -0.1) is 0 Å². The molecule has 0 bridgehead atoms. The Morgan fingerprint density at radius 1 is 1.03 bits per heavy atom. The first-order valence-corrected chi connectivity index (χ1v) is 11.4. The van der Waals surface area contributed by atoms with Crippen LogP contribution < -0.4 is 10.1 Å². The van der Waals surface area contributed by atoms with Crippen molar-refractivity contribution in [3.05, 3.63) is 89.5 Å². The molecule has 0 aliphatic carbocycles. The summed E-state index contributed by atoms with van der Waals surface area (Å²) in [6.07, 6.45) is 0.897. The maximum atomic E-state index is 13.1. The molecule has 1 N–H and O–H groups in total. The van der Waals surface area contributed by atoms with Crippen LogP contribution in [0, 0.1) is 12.8 Å². The second-order valence-corrected chi connectivity index (χ2v) is 8.56. The Balaban J connectivity index is 1.55. The van der Waals surface area contributed by atoms with E-state index in [9.17, 15) is 9.59 Å². The van der Waals surface area contributed by atoms with E-state index in [2.05, 4.69) is 17.4 Å². The Hall–Kier alpha value is -3.60. The number of carbonyl (C=O) groups excluding carboxylic acids is 2. The molecule has 0 spiro atoms. The topological polar surface area (TPSA) is 58.6 Å². The zero-order valence-electron chi connectivity index (χ0n) is 19.2. The Morgan fingerprint density at radius 2 is 1.79 bits per heavy atom. The quantitative estimate of drug-likeness (QED) is 0.627. The molecule has 0 unspecified atom stereocenters. The van der Waals surface area contributed by atoms with Crippen molar-refractivity contribution >= 4 is 11.8 Å². The molecular weight excluding hydrogens is 412 g/mol. The van der Waals surface area contributed by atoms with E-state index in [4.69, 9.17) is 4.74 Å². The maximum Gasteiger partial charge on any atom is 0.227 e. The van der Waals surface area contributed by atoms with Crippen molar-refractivity contribution in [3.8, 4) is 16.9 Å². The molecule has 3 aromatic carbocycles. The van der Waals surface area contributed by atoms with Gasteiger partial charge in [0.1, 0.15) is 5.75 Å². The second-order valence-electron chi connectivity index (χ2n) is 8.56. The number of carbonyl (C=O) groups is 2. The van der Waals surface area contributed by atoms with Gasteiger partial charge in [-0.25, -0.2) is 0 Å². The molecule has 3 aromatic rings. The van der Waals surface area contributed by atoms with E-state index in [0.29, 0.717) is 32.5 Å². The van der Waals surface area contributed by atoms with Crippen LogP contribution in [-0.4, -0.2) is 43.5 Å². The molecule has 1 atom stereocenters. The van der Waals surface area contributed by atoms with Crippen LogP contribution in [0.2, 0.25) is 0 Å². The number of nitrogens with zero attached hydrogens (tertiary/aromatic N) is 1. The molecule has 4 rings (SSSR count). The lowest BCUT2D eigenvalue weighted by atomic mass is 9.91. The average molecular weight is 443 g/mol. The third-order valence-corrected chi connectivity index (χ3v) is 6.16. The van der Waals surface area contributed by atoms with Gasteiger partial charge in [-0.3, -0.25) is 9.59 Å². The highest BCUT2D eigenvalue weighted by Gasteiger charge is 2.28. The van der Waals surface area contributed by atoms with Gasteiger partial charge in [0.05, 0.1) is 19.4 Å². The SMILES string of the molecule is COc1ccccc1-c1ccccc1C[C@H]1CN(C(=O)Cc2cccc(C)c2)CCNC1=O. The van der Waals surface area contributed by atoms with E-state index in [1.54, 1.807) is 7.11 Å². The van der Waals surface area contributed by atoms with Gasteiger partial charge >= 0.3 is 0 Å². The van der Waals surface area contributed by atoms with Crippen molar-refractivity contribution < 1.29 is 14.3 Å². The Labute approximate surface area is 195 Å². The number of hydrogen-bond acceptors (Lipinski definition) is 3. The molecule has 5 heteroatoms. The first-order chi connectivity index (χ1) is 16.0. The van der Waals surface area contributed by atoms with Gasteiger partial charge < -0.3 is 15.0 Å². The number of aryl methyl sites for hydroxylation is 1. The van der Waals surface area contributed by atoms with Crippen molar-refractivity contribution in [1.82, 2.24) is 10.2 Å². The number of para-hydroxylation sites is 1. The van der Waals surface area contributed by atoms with E-state index < -0.39 is 0 Å². The molecule has 5 nitrogen and oxygen atoms in total. The van der Waals surface area contributed by atoms with Gasteiger partial charge in [-0.05, 0) is 36.1 Å². The van der Waals surface area contributed by atoms with Gasteiger partial charge in [-0.1, -0.05) is 72.3 Å². The fourth-order valence-electron chi connectivity index (χ4n) is 4.48. The summed E-state index contributed by atoms with van der Waals surface area (Å²) in [5, 5.41) is 3.00. The minimum Gasteiger partial charge on any atom is -0.496 e. The lowest BCUT2D eigenvalue weighted by Crippen LogP contribution is -2.38. The molecule has 33 heavy (non-hydrogen) atoms. The van der Waals surface area contributed by atoms with E-state index in [-0.39, 0.29) is 17.7 Å². The molecule has 1 aliphatic rings. The zero-order chi connectivity index (χ0) is 23.2. The molecule has 170 valence electrons. The summed E-state index contributed by atoms with van der Waals surface area (Å²) in [6, 6.07) is 24.0. The minimum atomic E-state index is -0.315. The predicted molar refractivity (Wildman–Crippen MR) is 130 cm³/mol. The number of nitrogens with one attached hydrogen (secondary N) is 1. The van der Waals surface area contributed by atoms with Gasteiger partial charge in [0.2, 0.25) is 11.8 Å². The van der Waals surface area contributed by atoms with Gasteiger partial charge in [-0.2, -0.15) is 0 Å². The zero-order valence-corrected chi connectivity index (χ0v) is 19.2. The van der Waals surface area contributed by atoms with Gasteiger partial charge in [0.25, 0.3) is 0 Å². The molecule has 0 aromatic heterocycles. The van der Waals surface area contributed by atoms with E-state index in [0.717, 1.165) is 33.6 Å². The van der Waals surface area contributed by atoms with Crippen molar-refractivity contribution in [3.63, 3.8) is 0 Å². The molecule has 1 saturated heterocycles. The average Bonchev–Trinajstić information content (AvgIpc) is 3.01. The third-order valence-electron chi connectivity index (χ3n) is 6.16. The number of rotatable bonds is 6. The van der Waals surface area contributed by atoms with E-state index in [1.165, 1.54) is 0 Å². The van der Waals surface area contributed by atoms with E-state index in [1.807, 2.05) is 72.5 Å². The number of methoxy groups -OCH3 is 1. The summed E-state index contributed by atoms with van der Waals surface area (Å²) in [6.45, 7) is 3.44. The molecule has 2 amide bonds. The molecule has 1 aliphatic heterocycles. The number of ether oxygens (including phenoxy) is 1. The summed E-state index contributed by atoms with van der Waals surface area (Å²) >= 11 is 0. The van der Waals surface area contributed by atoms with Crippen LogP contribution >= 0.6 is 0 Å². The van der Waals surface area contributed by atoms with Crippen LogP contribution in [0.3, 0.4) is 0 Å². The monoisotopic (exact) mass is 442 g/mol. The Bertz CT molecular complexity index is 1140. The smallest absolute Gasteiger partial charge is 0.227 e. The van der Waals surface area contributed by atoms with Crippen molar-refractivity contribution in [2.24, 2.45) is 5.92 Å². The Kier molecular flexibility index (Phi) is 7.08. The lowest BCUT2D eigenvalue weighted by molar-refractivity contribution is -0.131. The van der Waals surface area contributed by atoms with Gasteiger partial charge in [0, 0.05) is 25.2 Å². The molecular formula is C28H30N2O3. The standard InChI is InChI=1S/C28H30N2O3/c1-20-8-7-9-21(16-20)17-27(31)30-15-14-29-28(32)23(19-30)18-22-10-3-4-11-24(22)25-12-5-6-13-26(25)33-2/h3-13,16,23H,14-15,17-19H2,1-2H3,(H,29,32)/t23-/m0/s1. The van der Waals surface area contributed by atoms with Crippen molar-refractivity contribution in [2.45, 2.75) is 19.8 Å². The predicted octanol–water partition coefficient (Wildman–Crippen LogP) is 4.03. The summed E-state index contributed by atoms with van der Waals surface area (Å²) < 4.78 is 5.57. The molecule has 1 fully saturated rings. The number of amides is 2. The van der Waals surface area contributed by atoms with Crippen LogP contribution in [0.1, 0.15) is 16.7 Å². The highest BCUT2D eigenvalue weighted by molar-refractivity contribution is 5.83. The third kappa shape index (κ3) is 5.43. The summed E-state index contributed by atoms with van der Waals surface area (Å²) in [5.41, 5.74) is 5.25. The highest BCUT2D eigenvalue weighted by Crippen LogP contribution is 2.33. The van der Waals surface area contributed by atoms with Crippen molar-refractivity contribution in [2.75, 3.05) is 26.7 Å². The summed E-state index contributed by atoms with van der Waals surface area (Å²) in [5.74, 6) is 0.533.